The zero-order chi connectivity index (χ0) is 19.3. The molecule has 0 amide bonds. The topological polar surface area (TPSA) is 127 Å². The number of phenols is 2. The number of benzene rings is 1. The Kier molecular flexibility index (Phi) is 6.67. The van der Waals surface area contributed by atoms with Gasteiger partial charge >= 0.3 is 11.9 Å². The molecule has 0 aliphatic rings. The van der Waals surface area contributed by atoms with Crippen molar-refractivity contribution in [2.45, 2.75) is 40.5 Å². The van der Waals surface area contributed by atoms with Gasteiger partial charge in [-0.3, -0.25) is 14.4 Å². The van der Waals surface area contributed by atoms with Crippen LogP contribution in [0.2, 0.25) is 0 Å². The second kappa shape index (κ2) is 8.27. The van der Waals surface area contributed by atoms with Gasteiger partial charge in [0.2, 0.25) is 5.75 Å². The van der Waals surface area contributed by atoms with E-state index in [9.17, 15) is 29.4 Å². The Labute approximate surface area is 144 Å². The molecule has 8 nitrogen and oxygen atoms in total. The van der Waals surface area contributed by atoms with Crippen LogP contribution < -0.4 is 4.74 Å². The molecule has 8 heteroatoms. The van der Waals surface area contributed by atoms with Crippen LogP contribution in [0.5, 0.6) is 17.2 Å². The van der Waals surface area contributed by atoms with Crippen molar-refractivity contribution in [3.63, 3.8) is 0 Å². The van der Waals surface area contributed by atoms with Gasteiger partial charge in [-0.25, -0.2) is 4.79 Å². The third-order valence-corrected chi connectivity index (χ3v) is 3.29. The van der Waals surface area contributed by atoms with Crippen LogP contribution >= 0.6 is 0 Å². The standard InChI is InChI=1S/C17H20O8/c1-5-6-7-24-17(23)13-11(8(2)18)14(21)15(22)16(25-10(4)20)12(13)9(3)19/h21-22H,5-7H2,1-4H3. The first-order valence-electron chi connectivity index (χ1n) is 7.62. The summed E-state index contributed by atoms with van der Waals surface area (Å²) in [6.45, 7) is 5.03. The number of rotatable bonds is 7. The van der Waals surface area contributed by atoms with E-state index in [0.29, 0.717) is 6.42 Å². The summed E-state index contributed by atoms with van der Waals surface area (Å²) in [6.07, 6.45) is 1.29. The lowest BCUT2D eigenvalue weighted by Crippen LogP contribution is -2.19. The minimum Gasteiger partial charge on any atom is -0.504 e. The van der Waals surface area contributed by atoms with Crippen LogP contribution in [0, 0.1) is 0 Å². The first kappa shape index (κ1) is 20.1. The number of hydrogen-bond acceptors (Lipinski definition) is 8. The highest BCUT2D eigenvalue weighted by Crippen LogP contribution is 2.45. The molecule has 1 aromatic carbocycles. The molecule has 1 aromatic rings. The normalized spacial score (nSPS) is 10.2. The summed E-state index contributed by atoms with van der Waals surface area (Å²) in [5, 5.41) is 20.1. The molecule has 0 bridgehead atoms. The van der Waals surface area contributed by atoms with Crippen LogP contribution in [0.3, 0.4) is 0 Å². The Morgan fingerprint density at radius 2 is 1.44 bits per heavy atom. The Bertz CT molecular complexity index is 733. The second-order valence-electron chi connectivity index (χ2n) is 5.35. The number of esters is 2. The Balaban J connectivity index is 3.76. The lowest BCUT2D eigenvalue weighted by atomic mass is 9.93. The summed E-state index contributed by atoms with van der Waals surface area (Å²) in [5.74, 6) is -6.08. The van der Waals surface area contributed by atoms with Gasteiger partial charge in [-0.2, -0.15) is 0 Å². The molecular weight excluding hydrogens is 332 g/mol. The van der Waals surface area contributed by atoms with E-state index >= 15 is 0 Å². The van der Waals surface area contributed by atoms with E-state index in [-0.39, 0.29) is 6.61 Å². The van der Waals surface area contributed by atoms with Gasteiger partial charge in [0.15, 0.2) is 23.1 Å². The molecule has 1 rings (SSSR count). The lowest BCUT2D eigenvalue weighted by molar-refractivity contribution is -0.132. The van der Waals surface area contributed by atoms with E-state index in [2.05, 4.69) is 0 Å². The number of Topliss-reactive ketones (excluding diaryl/α,β-unsaturated/α-hetero) is 2. The van der Waals surface area contributed by atoms with E-state index in [1.54, 1.807) is 0 Å². The Morgan fingerprint density at radius 3 is 1.88 bits per heavy atom. The van der Waals surface area contributed by atoms with E-state index in [0.717, 1.165) is 27.2 Å². The predicted molar refractivity (Wildman–Crippen MR) is 86.3 cm³/mol. The predicted octanol–water partition coefficient (Wildman–Crippen LogP) is 2.39. The number of hydrogen-bond donors (Lipinski definition) is 2. The quantitative estimate of drug-likeness (QED) is 0.252. The van der Waals surface area contributed by atoms with Crippen molar-refractivity contribution >= 4 is 23.5 Å². The van der Waals surface area contributed by atoms with Crippen molar-refractivity contribution in [1.82, 2.24) is 0 Å². The third kappa shape index (κ3) is 4.34. The fraction of sp³-hybridized carbons (Fsp3) is 0.412. The molecule has 0 heterocycles. The molecule has 0 aliphatic heterocycles. The molecule has 0 saturated heterocycles. The van der Waals surface area contributed by atoms with Crippen molar-refractivity contribution in [2.75, 3.05) is 6.61 Å². The first-order valence-corrected chi connectivity index (χ1v) is 7.62. The van der Waals surface area contributed by atoms with Gasteiger partial charge in [0.25, 0.3) is 0 Å². The van der Waals surface area contributed by atoms with Crippen LogP contribution in [-0.4, -0.2) is 40.3 Å². The van der Waals surface area contributed by atoms with Crippen LogP contribution in [-0.2, 0) is 9.53 Å². The molecule has 0 radical (unpaired) electrons. The average molecular weight is 352 g/mol. The average Bonchev–Trinajstić information content (AvgIpc) is 2.50. The van der Waals surface area contributed by atoms with E-state index in [1.807, 2.05) is 6.92 Å². The fourth-order valence-corrected chi connectivity index (χ4v) is 2.21. The van der Waals surface area contributed by atoms with Crippen molar-refractivity contribution in [1.29, 1.82) is 0 Å². The zero-order valence-electron chi connectivity index (χ0n) is 14.5. The van der Waals surface area contributed by atoms with E-state index in [4.69, 9.17) is 9.47 Å². The number of ketones is 2. The van der Waals surface area contributed by atoms with Crippen molar-refractivity contribution in [3.8, 4) is 17.2 Å². The Hall–Kier alpha value is -2.90. The van der Waals surface area contributed by atoms with Crippen LogP contribution in [0.15, 0.2) is 0 Å². The number of phenolic OH excluding ortho intramolecular Hbond substituents is 2. The number of ether oxygens (including phenoxy) is 2. The summed E-state index contributed by atoms with van der Waals surface area (Å²) < 4.78 is 9.81. The third-order valence-electron chi connectivity index (χ3n) is 3.29. The van der Waals surface area contributed by atoms with E-state index < -0.39 is 57.4 Å². The summed E-state index contributed by atoms with van der Waals surface area (Å²) in [4.78, 5) is 47.6. The van der Waals surface area contributed by atoms with Crippen molar-refractivity contribution < 1.29 is 38.9 Å². The van der Waals surface area contributed by atoms with Gasteiger partial charge in [-0.15, -0.1) is 0 Å². The SMILES string of the molecule is CCCCOC(=O)c1c(C(C)=O)c(O)c(O)c(OC(C)=O)c1C(C)=O. The number of aromatic hydroxyl groups is 2. The van der Waals surface area contributed by atoms with Crippen molar-refractivity contribution in [3.05, 3.63) is 16.7 Å². The zero-order valence-corrected chi connectivity index (χ0v) is 14.5. The molecule has 0 spiro atoms. The molecule has 0 saturated carbocycles. The minimum atomic E-state index is -1.03. The van der Waals surface area contributed by atoms with Crippen LogP contribution in [0.25, 0.3) is 0 Å². The largest absolute Gasteiger partial charge is 0.504 e. The lowest BCUT2D eigenvalue weighted by Gasteiger charge is -2.17. The van der Waals surface area contributed by atoms with Gasteiger partial charge in [-0.05, 0) is 20.3 Å². The number of unbranched alkanes of at least 4 members (excludes halogenated alkanes) is 1. The summed E-state index contributed by atoms with van der Waals surface area (Å²) in [6, 6.07) is 0. The molecule has 2 N–H and O–H groups in total. The monoisotopic (exact) mass is 352 g/mol. The second-order valence-corrected chi connectivity index (χ2v) is 5.35. The maximum absolute atomic E-state index is 12.4. The smallest absolute Gasteiger partial charge is 0.339 e. The number of carbonyl (C=O) groups excluding carboxylic acids is 4. The molecule has 0 atom stereocenters. The Morgan fingerprint density at radius 1 is 0.880 bits per heavy atom. The van der Waals surface area contributed by atoms with Crippen LogP contribution in [0.1, 0.15) is 71.6 Å². The number of carbonyl (C=O) groups is 4. The molecular formula is C17H20O8. The van der Waals surface area contributed by atoms with Gasteiger partial charge in [-0.1, -0.05) is 13.3 Å². The summed E-state index contributed by atoms with van der Waals surface area (Å²) >= 11 is 0. The molecule has 0 aliphatic carbocycles. The van der Waals surface area contributed by atoms with E-state index in [1.165, 1.54) is 0 Å². The maximum Gasteiger partial charge on any atom is 0.339 e. The summed E-state index contributed by atoms with van der Waals surface area (Å²) in [5.41, 5.74) is -1.61. The molecule has 136 valence electrons. The summed E-state index contributed by atoms with van der Waals surface area (Å²) in [7, 11) is 0. The minimum absolute atomic E-state index is 0.0363. The highest BCUT2D eigenvalue weighted by molar-refractivity contribution is 6.16. The fourth-order valence-electron chi connectivity index (χ4n) is 2.21. The van der Waals surface area contributed by atoms with Gasteiger partial charge in [0.1, 0.15) is 0 Å². The van der Waals surface area contributed by atoms with Crippen molar-refractivity contribution in [2.24, 2.45) is 0 Å². The molecule has 0 fully saturated rings. The highest BCUT2D eigenvalue weighted by atomic mass is 16.5. The van der Waals surface area contributed by atoms with Crippen LogP contribution in [0.4, 0.5) is 0 Å². The first-order chi connectivity index (χ1) is 11.6. The maximum atomic E-state index is 12.4. The molecule has 0 unspecified atom stereocenters. The van der Waals surface area contributed by atoms with Gasteiger partial charge in [0.05, 0.1) is 23.3 Å². The molecule has 25 heavy (non-hydrogen) atoms. The van der Waals surface area contributed by atoms with Gasteiger partial charge in [0, 0.05) is 6.92 Å². The highest BCUT2D eigenvalue weighted by Gasteiger charge is 2.34. The van der Waals surface area contributed by atoms with Gasteiger partial charge < -0.3 is 19.7 Å². The molecule has 0 aromatic heterocycles.